The molecule has 0 aliphatic rings. The fourth-order valence-electron chi connectivity index (χ4n) is 0.450. The van der Waals surface area contributed by atoms with Gasteiger partial charge < -0.3 is 10.1 Å². The maximum absolute atomic E-state index is 10.6. The van der Waals surface area contributed by atoms with Gasteiger partial charge in [-0.2, -0.15) is 5.26 Å². The molecule has 0 atom stereocenters. The third-order valence-corrected chi connectivity index (χ3v) is 0.827. The third-order valence-electron chi connectivity index (χ3n) is 0.827. The highest BCUT2D eigenvalue weighted by Crippen LogP contribution is 1.74. The summed E-state index contributed by atoms with van der Waals surface area (Å²) >= 11 is 0. The molecule has 0 radical (unpaired) electrons. The van der Waals surface area contributed by atoms with E-state index in [1.165, 1.54) is 12.3 Å². The van der Waals surface area contributed by atoms with E-state index in [0.29, 0.717) is 6.61 Å². The number of hydrogen-bond acceptors (Lipinski definition) is 4. The Morgan fingerprint density at radius 1 is 1.82 bits per heavy atom. The first-order chi connectivity index (χ1) is 5.31. The molecule has 0 aliphatic heterocycles. The number of nitrogens with one attached hydrogen (secondary N) is 1. The number of allylic oxidation sites excluding steroid dienone is 1. The van der Waals surface area contributed by atoms with Crippen LogP contribution in [0.3, 0.4) is 0 Å². The van der Waals surface area contributed by atoms with Crippen molar-refractivity contribution in [3.8, 4) is 6.07 Å². The van der Waals surface area contributed by atoms with E-state index in [1.807, 2.05) is 0 Å². The van der Waals surface area contributed by atoms with Crippen LogP contribution in [0.25, 0.3) is 0 Å². The highest BCUT2D eigenvalue weighted by Gasteiger charge is 1.95. The summed E-state index contributed by atoms with van der Waals surface area (Å²) in [6, 6.07) is 1.78. The lowest BCUT2D eigenvalue weighted by Crippen LogP contribution is -2.20. The molecule has 4 nitrogen and oxygen atoms in total. The van der Waals surface area contributed by atoms with Crippen LogP contribution in [0.1, 0.15) is 6.92 Å². The molecule has 0 aliphatic carbocycles. The zero-order valence-electron chi connectivity index (χ0n) is 6.33. The van der Waals surface area contributed by atoms with Crippen LogP contribution < -0.4 is 5.32 Å². The maximum atomic E-state index is 10.6. The Bertz CT molecular complexity index is 181. The molecule has 0 heterocycles. The zero-order valence-corrected chi connectivity index (χ0v) is 6.33. The molecule has 0 fully saturated rings. The largest absolute Gasteiger partial charge is 0.465 e. The molecule has 0 saturated carbocycles. The quantitative estimate of drug-likeness (QED) is 0.463. The number of esters is 1. The number of carbonyl (C=O) groups is 1. The van der Waals surface area contributed by atoms with Gasteiger partial charge in [0.25, 0.3) is 0 Å². The molecule has 0 aromatic rings. The number of nitriles is 1. The average Bonchev–Trinajstić information content (AvgIpc) is 1.99. The number of nitrogens with zero attached hydrogens (tertiary/aromatic N) is 1. The van der Waals surface area contributed by atoms with Gasteiger partial charge >= 0.3 is 5.97 Å². The molecule has 0 bridgehead atoms. The van der Waals surface area contributed by atoms with Crippen molar-refractivity contribution in [3.05, 3.63) is 12.3 Å². The van der Waals surface area contributed by atoms with Crippen molar-refractivity contribution in [2.24, 2.45) is 0 Å². The predicted octanol–water partition coefficient (Wildman–Crippen LogP) is 0.176. The van der Waals surface area contributed by atoms with Crippen molar-refractivity contribution in [2.75, 3.05) is 13.2 Å². The Kier molecular flexibility index (Phi) is 5.72. The van der Waals surface area contributed by atoms with Crippen LogP contribution in [-0.4, -0.2) is 19.1 Å². The summed E-state index contributed by atoms with van der Waals surface area (Å²) in [5, 5.41) is 10.6. The normalized spacial score (nSPS) is 9.09. The van der Waals surface area contributed by atoms with Crippen molar-refractivity contribution in [3.63, 3.8) is 0 Å². The lowest BCUT2D eigenvalue weighted by molar-refractivity contribution is -0.141. The lowest BCUT2D eigenvalue weighted by Gasteiger charge is -1.99. The van der Waals surface area contributed by atoms with Gasteiger partial charge in [-0.1, -0.05) is 0 Å². The Morgan fingerprint density at radius 3 is 3.09 bits per heavy atom. The van der Waals surface area contributed by atoms with Crippen LogP contribution in [0.4, 0.5) is 0 Å². The molecule has 0 spiro atoms. The molecule has 4 heteroatoms. The Balaban J connectivity index is 3.33. The minimum atomic E-state index is -0.324. The molecule has 1 N–H and O–H groups in total. The number of ether oxygens (including phenoxy) is 1. The molecular formula is C7H10N2O2. The average molecular weight is 154 g/mol. The smallest absolute Gasteiger partial charge is 0.325 e. The summed E-state index contributed by atoms with van der Waals surface area (Å²) in [5.74, 6) is -0.324. The molecule has 0 unspecified atom stereocenters. The summed E-state index contributed by atoms with van der Waals surface area (Å²) in [4.78, 5) is 10.6. The highest BCUT2D eigenvalue weighted by atomic mass is 16.5. The molecule has 0 aromatic heterocycles. The first-order valence-electron chi connectivity index (χ1n) is 3.25. The van der Waals surface area contributed by atoms with E-state index in [2.05, 4.69) is 10.1 Å². The van der Waals surface area contributed by atoms with E-state index in [9.17, 15) is 4.79 Å². The second-order valence-electron chi connectivity index (χ2n) is 1.65. The van der Waals surface area contributed by atoms with Crippen LogP contribution in [0.2, 0.25) is 0 Å². The fraction of sp³-hybridized carbons (Fsp3) is 0.429. The van der Waals surface area contributed by atoms with Gasteiger partial charge in [0.05, 0.1) is 12.7 Å². The van der Waals surface area contributed by atoms with Gasteiger partial charge in [-0.05, 0) is 6.92 Å². The predicted molar refractivity (Wildman–Crippen MR) is 39.4 cm³/mol. The van der Waals surface area contributed by atoms with Gasteiger partial charge in [0.2, 0.25) is 0 Å². The molecule has 0 rings (SSSR count). The first-order valence-corrected chi connectivity index (χ1v) is 3.25. The van der Waals surface area contributed by atoms with Crippen LogP contribution in [0.5, 0.6) is 0 Å². The van der Waals surface area contributed by atoms with E-state index in [1.54, 1.807) is 13.0 Å². The van der Waals surface area contributed by atoms with Crippen molar-refractivity contribution < 1.29 is 9.53 Å². The lowest BCUT2D eigenvalue weighted by atomic mass is 10.6. The molecule has 0 saturated heterocycles. The van der Waals surface area contributed by atoms with Crippen molar-refractivity contribution in [1.29, 1.82) is 5.26 Å². The molecule has 0 aromatic carbocycles. The first kappa shape index (κ1) is 9.50. The number of rotatable bonds is 4. The minimum absolute atomic E-state index is 0.103. The second-order valence-corrected chi connectivity index (χ2v) is 1.65. The van der Waals surface area contributed by atoms with Crippen molar-refractivity contribution in [1.82, 2.24) is 5.32 Å². The van der Waals surface area contributed by atoms with Crippen molar-refractivity contribution in [2.45, 2.75) is 6.92 Å². The van der Waals surface area contributed by atoms with Gasteiger partial charge in [-0.3, -0.25) is 4.79 Å². The van der Waals surface area contributed by atoms with Crippen molar-refractivity contribution >= 4 is 5.97 Å². The van der Waals surface area contributed by atoms with E-state index in [4.69, 9.17) is 5.26 Å². The van der Waals surface area contributed by atoms with Crippen LogP contribution >= 0.6 is 0 Å². The van der Waals surface area contributed by atoms with E-state index < -0.39 is 0 Å². The minimum Gasteiger partial charge on any atom is -0.465 e. The van der Waals surface area contributed by atoms with Crippen LogP contribution in [-0.2, 0) is 9.53 Å². The molecule has 0 amide bonds. The van der Waals surface area contributed by atoms with Gasteiger partial charge in [-0.15, -0.1) is 0 Å². The van der Waals surface area contributed by atoms with Crippen LogP contribution in [0.15, 0.2) is 12.3 Å². The number of carbonyl (C=O) groups excluding carboxylic acids is 1. The molecule has 60 valence electrons. The van der Waals surface area contributed by atoms with E-state index in [-0.39, 0.29) is 12.5 Å². The summed E-state index contributed by atoms with van der Waals surface area (Å²) < 4.78 is 4.60. The van der Waals surface area contributed by atoms with Gasteiger partial charge in [-0.25, -0.2) is 0 Å². The van der Waals surface area contributed by atoms with Crippen LogP contribution in [0, 0.1) is 11.3 Å². The van der Waals surface area contributed by atoms with E-state index >= 15 is 0 Å². The Morgan fingerprint density at radius 2 is 2.55 bits per heavy atom. The maximum Gasteiger partial charge on any atom is 0.325 e. The summed E-state index contributed by atoms with van der Waals surface area (Å²) in [5.41, 5.74) is 0. The summed E-state index contributed by atoms with van der Waals surface area (Å²) in [6.45, 7) is 2.22. The molecular weight excluding hydrogens is 144 g/mol. The highest BCUT2D eigenvalue weighted by molar-refractivity contribution is 5.71. The molecule has 11 heavy (non-hydrogen) atoms. The number of hydrogen-bond donors (Lipinski definition) is 1. The zero-order chi connectivity index (χ0) is 8.53. The Labute approximate surface area is 65.5 Å². The Hall–Kier alpha value is -1.50. The third kappa shape index (κ3) is 6.38. The summed E-state index contributed by atoms with van der Waals surface area (Å²) in [6.07, 6.45) is 2.65. The monoisotopic (exact) mass is 154 g/mol. The summed E-state index contributed by atoms with van der Waals surface area (Å²) in [7, 11) is 0. The topological polar surface area (TPSA) is 62.1 Å². The SMILES string of the molecule is CCOC(=O)CNC=CC#N. The van der Waals surface area contributed by atoms with Gasteiger partial charge in [0, 0.05) is 12.3 Å². The fourth-order valence-corrected chi connectivity index (χ4v) is 0.450. The van der Waals surface area contributed by atoms with Gasteiger partial charge in [0.15, 0.2) is 0 Å². The second kappa shape index (κ2) is 6.62. The van der Waals surface area contributed by atoms with Gasteiger partial charge in [0.1, 0.15) is 6.54 Å². The van der Waals surface area contributed by atoms with E-state index in [0.717, 1.165) is 0 Å². The standard InChI is InChI=1S/C7H10N2O2/c1-2-11-7(10)6-9-5-3-4-8/h3,5,9H,2,6H2,1H3.